The number of ether oxygens (including phenoxy) is 1. The summed E-state index contributed by atoms with van der Waals surface area (Å²) in [5, 5.41) is 9.94. The van der Waals surface area contributed by atoms with Crippen LogP contribution in [0.3, 0.4) is 0 Å². The van der Waals surface area contributed by atoms with Crippen LogP contribution in [0.15, 0.2) is 36.4 Å². The minimum atomic E-state index is -1.29. The van der Waals surface area contributed by atoms with Gasteiger partial charge in [0.25, 0.3) is 0 Å². The summed E-state index contributed by atoms with van der Waals surface area (Å²) in [4.78, 5) is 24.1. The summed E-state index contributed by atoms with van der Waals surface area (Å²) < 4.78 is 5.78. The van der Waals surface area contributed by atoms with Gasteiger partial charge in [0.05, 0.1) is 0 Å². The van der Waals surface area contributed by atoms with Gasteiger partial charge in [-0.25, -0.2) is 4.79 Å². The van der Waals surface area contributed by atoms with Gasteiger partial charge in [-0.1, -0.05) is 37.6 Å². The summed E-state index contributed by atoms with van der Waals surface area (Å²) in [6.45, 7) is 11.0. The van der Waals surface area contributed by atoms with E-state index < -0.39 is 11.6 Å². The molecule has 0 fully saturated rings. The van der Waals surface area contributed by atoms with Crippen molar-refractivity contribution >= 4 is 23.4 Å². The number of rotatable bonds is 9. The second-order valence-corrected chi connectivity index (χ2v) is 9.09. The monoisotopic (exact) mass is 430 g/mol. The van der Waals surface area contributed by atoms with Crippen LogP contribution < -0.4 is 4.74 Å². The number of Topliss-reactive ketones (excluding diaryl/α,β-unsaturated/α-hetero) is 1. The van der Waals surface area contributed by atoms with E-state index >= 15 is 0 Å². The van der Waals surface area contributed by atoms with Crippen LogP contribution in [-0.2, 0) is 11.2 Å². The van der Waals surface area contributed by atoms with Crippen molar-refractivity contribution in [2.75, 3.05) is 0 Å². The number of carboxylic acid groups (broad SMARTS) is 1. The van der Waals surface area contributed by atoms with E-state index in [1.54, 1.807) is 38.1 Å². The van der Waals surface area contributed by atoms with E-state index in [1.807, 2.05) is 32.9 Å². The van der Waals surface area contributed by atoms with Crippen LogP contribution >= 0.6 is 11.6 Å². The summed E-state index contributed by atoms with van der Waals surface area (Å²) in [6, 6.07) is 11.1. The summed E-state index contributed by atoms with van der Waals surface area (Å²) in [5.74, 6) is -0.127. The van der Waals surface area contributed by atoms with Crippen LogP contribution in [0.2, 0.25) is 5.02 Å². The lowest BCUT2D eigenvalue weighted by Gasteiger charge is -2.25. The number of carbonyl (C=O) groups excluding carboxylic acids is 1. The molecular weight excluding hydrogens is 400 g/mol. The Morgan fingerprint density at radius 1 is 1.07 bits per heavy atom. The van der Waals surface area contributed by atoms with Crippen molar-refractivity contribution < 1.29 is 19.4 Å². The molecule has 1 N–H and O–H groups in total. The van der Waals surface area contributed by atoms with Crippen molar-refractivity contribution in [1.82, 2.24) is 0 Å². The summed E-state index contributed by atoms with van der Waals surface area (Å²) >= 11 is 5.91. The van der Waals surface area contributed by atoms with Crippen molar-refractivity contribution in [3.05, 3.63) is 63.7 Å². The maximum Gasteiger partial charge on any atom is 0.347 e. The third-order valence-electron chi connectivity index (χ3n) is 5.68. The van der Waals surface area contributed by atoms with E-state index in [2.05, 4.69) is 6.92 Å². The average Bonchev–Trinajstić information content (AvgIpc) is 2.68. The molecule has 0 aliphatic carbocycles. The molecule has 2 atom stereocenters. The number of hydrogen-bond acceptors (Lipinski definition) is 3. The van der Waals surface area contributed by atoms with Crippen LogP contribution in [-0.4, -0.2) is 22.5 Å². The molecule has 0 amide bonds. The molecule has 4 nitrogen and oxygen atoms in total. The molecular formula is C25H31ClO4. The maximum absolute atomic E-state index is 12.7. The number of aryl methyl sites for hydroxylation is 3. The molecule has 2 rings (SSSR count). The fourth-order valence-electron chi connectivity index (χ4n) is 3.42. The fourth-order valence-corrected chi connectivity index (χ4v) is 3.55. The zero-order chi connectivity index (χ0) is 22.6. The first-order chi connectivity index (χ1) is 13.9. The fraction of sp³-hybridized carbons (Fsp3) is 0.440. The first kappa shape index (κ1) is 23.9. The highest BCUT2D eigenvalue weighted by molar-refractivity contribution is 6.30. The van der Waals surface area contributed by atoms with Crippen LogP contribution in [0.25, 0.3) is 0 Å². The van der Waals surface area contributed by atoms with Crippen molar-refractivity contribution in [1.29, 1.82) is 0 Å². The van der Waals surface area contributed by atoms with E-state index in [1.165, 1.54) is 0 Å². The van der Waals surface area contributed by atoms with Crippen molar-refractivity contribution in [3.63, 3.8) is 0 Å². The molecule has 5 heteroatoms. The quantitative estimate of drug-likeness (QED) is 0.475. The predicted molar refractivity (Wildman–Crippen MR) is 121 cm³/mol. The van der Waals surface area contributed by atoms with E-state index in [0.29, 0.717) is 16.3 Å². The molecule has 2 aromatic carbocycles. The van der Waals surface area contributed by atoms with Gasteiger partial charge in [-0.2, -0.15) is 0 Å². The minimum Gasteiger partial charge on any atom is -0.478 e. The Bertz CT molecular complexity index is 892. The topological polar surface area (TPSA) is 63.6 Å². The highest BCUT2D eigenvalue weighted by Crippen LogP contribution is 2.30. The zero-order valence-corrected chi connectivity index (χ0v) is 19.3. The lowest BCUT2D eigenvalue weighted by molar-refractivity contribution is -0.152. The Morgan fingerprint density at radius 3 is 2.10 bits per heavy atom. The van der Waals surface area contributed by atoms with Gasteiger partial charge in [0.1, 0.15) is 5.75 Å². The first-order valence-electron chi connectivity index (χ1n) is 10.2. The number of hydrogen-bond donors (Lipinski definition) is 1. The van der Waals surface area contributed by atoms with Crippen LogP contribution in [0.4, 0.5) is 0 Å². The van der Waals surface area contributed by atoms with Crippen molar-refractivity contribution in [3.8, 4) is 5.75 Å². The van der Waals surface area contributed by atoms with Gasteiger partial charge >= 0.3 is 5.97 Å². The molecule has 0 heterocycles. The Balaban J connectivity index is 2.05. The Morgan fingerprint density at radius 2 is 1.60 bits per heavy atom. The molecule has 0 spiro atoms. The molecule has 30 heavy (non-hydrogen) atoms. The maximum atomic E-state index is 12.7. The number of benzene rings is 2. The third kappa shape index (κ3) is 5.85. The lowest BCUT2D eigenvalue weighted by atomic mass is 9.84. The van der Waals surface area contributed by atoms with Crippen molar-refractivity contribution in [2.24, 2.45) is 11.8 Å². The van der Waals surface area contributed by atoms with E-state index in [-0.39, 0.29) is 17.6 Å². The molecule has 2 unspecified atom stereocenters. The minimum absolute atomic E-state index is 0.0904. The molecule has 0 aliphatic heterocycles. The molecule has 0 bridgehead atoms. The van der Waals surface area contributed by atoms with Gasteiger partial charge in [0.15, 0.2) is 11.4 Å². The summed E-state index contributed by atoms with van der Waals surface area (Å²) in [5.41, 5.74) is 2.38. The third-order valence-corrected chi connectivity index (χ3v) is 5.93. The molecule has 0 saturated heterocycles. The van der Waals surface area contributed by atoms with Gasteiger partial charge in [-0.05, 0) is 87.4 Å². The Kier molecular flexibility index (Phi) is 7.70. The van der Waals surface area contributed by atoms with Crippen LogP contribution in [0.5, 0.6) is 5.75 Å². The summed E-state index contributed by atoms with van der Waals surface area (Å²) in [7, 11) is 0. The largest absolute Gasteiger partial charge is 0.478 e. The van der Waals surface area contributed by atoms with Crippen molar-refractivity contribution in [2.45, 2.75) is 60.0 Å². The Labute approximate surface area is 184 Å². The van der Waals surface area contributed by atoms with Crippen LogP contribution in [0, 0.1) is 25.7 Å². The van der Waals surface area contributed by atoms with E-state index in [4.69, 9.17) is 16.3 Å². The Hall–Kier alpha value is -2.33. The van der Waals surface area contributed by atoms with Gasteiger partial charge in [-0.15, -0.1) is 0 Å². The molecule has 0 radical (unpaired) electrons. The standard InChI is InChI=1S/C25H31ClO4/c1-15(18(4)22(27)20-9-11-21(26)12-10-20)7-8-19-13-16(2)23(17(3)14-19)30-25(5,6)24(28)29/h9-15,18H,7-8H2,1-6H3,(H,28,29). The van der Waals surface area contributed by atoms with Gasteiger partial charge < -0.3 is 9.84 Å². The van der Waals surface area contributed by atoms with Gasteiger partial charge in [-0.3, -0.25) is 4.79 Å². The average molecular weight is 431 g/mol. The van der Waals surface area contributed by atoms with E-state index in [0.717, 1.165) is 29.5 Å². The normalized spacial score (nSPS) is 13.6. The molecule has 0 aromatic heterocycles. The number of carbonyl (C=O) groups is 2. The van der Waals surface area contributed by atoms with E-state index in [9.17, 15) is 14.7 Å². The van der Waals surface area contributed by atoms with Gasteiger partial charge in [0.2, 0.25) is 0 Å². The highest BCUT2D eigenvalue weighted by atomic mass is 35.5. The second-order valence-electron chi connectivity index (χ2n) is 8.65. The predicted octanol–water partition coefficient (Wildman–Crippen LogP) is 6.29. The van der Waals surface area contributed by atoms with Crippen LogP contribution in [0.1, 0.15) is 61.2 Å². The number of ketones is 1. The SMILES string of the molecule is Cc1cc(CCC(C)C(C)C(=O)c2ccc(Cl)cc2)cc(C)c1OC(C)(C)C(=O)O. The highest BCUT2D eigenvalue weighted by Gasteiger charge is 2.30. The zero-order valence-electron chi connectivity index (χ0n) is 18.6. The number of carboxylic acids is 1. The number of aliphatic carboxylic acids is 1. The first-order valence-corrected chi connectivity index (χ1v) is 10.6. The smallest absolute Gasteiger partial charge is 0.347 e. The second kappa shape index (κ2) is 9.65. The molecule has 2 aromatic rings. The summed E-state index contributed by atoms with van der Waals surface area (Å²) in [6.07, 6.45) is 1.71. The molecule has 162 valence electrons. The van der Waals surface area contributed by atoms with Gasteiger partial charge in [0, 0.05) is 16.5 Å². The molecule has 0 aliphatic rings. The number of halogens is 1. The molecule has 0 saturated carbocycles. The lowest BCUT2D eigenvalue weighted by Crippen LogP contribution is -2.38.